The van der Waals surface area contributed by atoms with Crippen LogP contribution >= 0.6 is 27.4 Å². The first-order valence-corrected chi connectivity index (χ1v) is 38.4. The topological polar surface area (TPSA) is 527 Å². The zero-order chi connectivity index (χ0) is 76.1. The van der Waals surface area contributed by atoms with Crippen LogP contribution in [0, 0.1) is 23.2 Å². The summed E-state index contributed by atoms with van der Waals surface area (Å²) in [5.41, 5.74) is -0.716. The third kappa shape index (κ3) is 28.1. The van der Waals surface area contributed by atoms with E-state index < -0.39 is 213 Å². The Labute approximate surface area is 598 Å². The molecule has 5 fully saturated rings. The first-order valence-electron chi connectivity index (χ1n) is 34.2. The highest BCUT2D eigenvalue weighted by Crippen LogP contribution is 2.50. The van der Waals surface area contributed by atoms with Crippen molar-refractivity contribution in [2.75, 3.05) is 97.9 Å². The van der Waals surface area contributed by atoms with Crippen molar-refractivity contribution in [3.05, 3.63) is 0 Å². The Balaban J connectivity index is 1.21. The molecule has 5 aliphatic heterocycles. The number of rotatable bonds is 43. The number of aliphatic hydroxyl groups is 10. The van der Waals surface area contributed by atoms with Gasteiger partial charge in [-0.3, -0.25) is 46.9 Å². The summed E-state index contributed by atoms with van der Waals surface area (Å²) in [6.45, 7) is 9.86. The van der Waals surface area contributed by atoms with E-state index in [1.54, 1.807) is 0 Å². The number of carbonyl (C=O) groups is 6. The largest absolute Gasteiger partial charge is 0.472 e. The summed E-state index contributed by atoms with van der Waals surface area (Å²) < 4.78 is 90.2. The van der Waals surface area contributed by atoms with Gasteiger partial charge >= 0.3 is 15.6 Å². The molecule has 5 saturated heterocycles. The molecule has 0 aromatic rings. The number of carbonyl (C=O) groups excluding carboxylic acids is 6. The average molecular weight is 1530 g/mol. The summed E-state index contributed by atoms with van der Waals surface area (Å²) in [5, 5.41) is 110. The molecule has 37 nitrogen and oxygen atoms in total. The van der Waals surface area contributed by atoms with Crippen molar-refractivity contribution in [1.82, 2.24) is 30.7 Å². The Kier molecular flexibility index (Phi) is 36.7. The molecule has 40 heteroatoms. The predicted molar refractivity (Wildman–Crippen MR) is 357 cm³/mol. The number of phosphoric acid groups is 2. The molecule has 102 heavy (non-hydrogen) atoms. The fraction of sp³-hybridized carbons (Fsp3) is 0.903. The lowest BCUT2D eigenvalue weighted by Crippen LogP contribution is -2.64. The Morgan fingerprint density at radius 3 is 1.64 bits per heavy atom. The molecule has 0 spiro atoms. The van der Waals surface area contributed by atoms with Crippen molar-refractivity contribution in [3.63, 3.8) is 0 Å². The minimum Gasteiger partial charge on any atom is -0.394 e. The summed E-state index contributed by atoms with van der Waals surface area (Å²) in [7, 11) is -8.71. The van der Waals surface area contributed by atoms with Gasteiger partial charge in [-0.25, -0.2) is 9.13 Å². The zero-order valence-electron chi connectivity index (χ0n) is 59.6. The van der Waals surface area contributed by atoms with Gasteiger partial charge < -0.3 is 125 Å². The third-order valence-electron chi connectivity index (χ3n) is 18.1. The van der Waals surface area contributed by atoms with Crippen molar-refractivity contribution < 1.29 is 150 Å². The lowest BCUT2D eigenvalue weighted by molar-refractivity contribution is -0.272. The SMILES string of the molecule is COC[C@@H]1C[C@@H](OP(=O)(O)OC[C@@H]2C[C@@H](OP(=O)(O)OC[C@@H]3C[C@@H](O)CN3C(=O)CC(C)(C)CC(C)COC3OC(CO)C(O)C(O)C3NC(C)=O)CN2C(=O)CCSCOC2OC(CO)C(O)C(O)C2NC(C)=O)CN1C(=O)CC(C)CC(C)COC(OC(CO)[C@@H](C)O)[C@H](CO)NC(C)=O. The number of thioether (sulfide) groups is 1. The van der Waals surface area contributed by atoms with E-state index in [1.165, 1.54) is 49.5 Å². The molecule has 5 heterocycles. The number of likely N-dealkylation sites (tertiary alicyclic amines) is 3. The van der Waals surface area contributed by atoms with E-state index in [9.17, 15) is 98.7 Å². The molecule has 0 radical (unpaired) electrons. The molecular weight excluding hydrogens is 1420 g/mol. The van der Waals surface area contributed by atoms with Crippen LogP contribution in [0.4, 0.5) is 0 Å². The van der Waals surface area contributed by atoms with Crippen molar-refractivity contribution in [3.8, 4) is 0 Å². The predicted octanol–water partition coefficient (Wildman–Crippen LogP) is -3.10. The standard InChI is InChI=1S/C62H112N6O31P2S/c1-33(13-34(2)27-90-59(46(23-69)63-37(5)74)95-47(24-70)36(4)73)14-51(79)68-22-44(16-41(68)29-89-10)98-101(87,88)94-31-42-17-45(21-67(42)50(78)11-12-102-32-92-61-54(65-39(7)76)58(84)56(82)49(26-72)97-61)99-100(85,86)93-30-40-15-43(77)20-66(40)52(80)19-62(8,9)18-35(3)28-91-60-53(64-38(6)75)57(83)55(81)48(25-71)96-60/h33-36,40-49,53-61,69-73,77,81-84H,11-32H2,1-10H3,(H,63,74)(H,64,75)(H,65,76)(H,85,86)(H,87,88)/t33?,34?,35?,36-,40+,41+,42+,43-,44-,45-,46+,47?,48?,49?,53?,54?,55?,56?,57?,58?,59?,60?,61?/m1/s1. The Morgan fingerprint density at radius 1 is 0.637 bits per heavy atom. The van der Waals surface area contributed by atoms with Crippen molar-refractivity contribution in [2.45, 2.75) is 236 Å². The molecule has 15 N–H and O–H groups in total. The lowest BCUT2D eigenvalue weighted by Gasteiger charge is -2.42. The maximum Gasteiger partial charge on any atom is 0.472 e. The molecule has 5 aliphatic rings. The number of hydrogen-bond donors (Lipinski definition) is 15. The number of β-amino-alcohol motifs (C(OH)–C–C–N with tert-alkyl or cyclic N) is 1. The maximum atomic E-state index is 14.1. The van der Waals surface area contributed by atoms with Crippen LogP contribution in [-0.4, -0.2) is 331 Å². The van der Waals surface area contributed by atoms with Gasteiger partial charge in [0, 0.05) is 72.5 Å². The van der Waals surface area contributed by atoms with Crippen molar-refractivity contribution >= 4 is 62.9 Å². The first kappa shape index (κ1) is 89.3. The Hall–Kier alpha value is -3.29. The van der Waals surface area contributed by atoms with Crippen LogP contribution in [0.2, 0.25) is 0 Å². The molecule has 5 rings (SSSR count). The number of ether oxygens (including phenoxy) is 7. The minimum absolute atomic E-state index is 0.00780. The van der Waals surface area contributed by atoms with Crippen LogP contribution in [0.1, 0.15) is 114 Å². The van der Waals surface area contributed by atoms with Gasteiger partial charge in [-0.05, 0) is 62.2 Å². The highest BCUT2D eigenvalue weighted by molar-refractivity contribution is 7.99. The third-order valence-corrected chi connectivity index (χ3v) is 20.9. The summed E-state index contributed by atoms with van der Waals surface area (Å²) in [6, 6.07) is -6.05. The summed E-state index contributed by atoms with van der Waals surface area (Å²) >= 11 is 1.06. The van der Waals surface area contributed by atoms with E-state index in [1.807, 2.05) is 34.6 Å². The van der Waals surface area contributed by atoms with Gasteiger partial charge in [0.15, 0.2) is 18.9 Å². The molecule has 25 atom stereocenters. The second kappa shape index (κ2) is 41.9. The molecule has 0 aromatic carbocycles. The summed E-state index contributed by atoms with van der Waals surface area (Å²) in [4.78, 5) is 104. The number of phosphoric ester groups is 2. The van der Waals surface area contributed by atoms with Gasteiger partial charge in [0.05, 0.1) is 108 Å². The van der Waals surface area contributed by atoms with Gasteiger partial charge in [-0.15, -0.1) is 11.8 Å². The number of nitrogens with one attached hydrogen (secondary N) is 3. The molecule has 0 aliphatic carbocycles. The van der Waals surface area contributed by atoms with Gasteiger partial charge in [-0.2, -0.15) is 0 Å². The molecule has 0 bridgehead atoms. The number of nitrogens with zero attached hydrogens (tertiary/aromatic N) is 3. The Morgan fingerprint density at radius 2 is 1.15 bits per heavy atom. The van der Waals surface area contributed by atoms with Crippen LogP contribution < -0.4 is 16.0 Å². The van der Waals surface area contributed by atoms with Crippen LogP contribution in [0.3, 0.4) is 0 Å². The summed E-state index contributed by atoms with van der Waals surface area (Å²) in [6.07, 6.45) is -17.7. The van der Waals surface area contributed by atoms with E-state index in [0.29, 0.717) is 12.8 Å². The minimum atomic E-state index is -5.08. The van der Waals surface area contributed by atoms with Crippen LogP contribution in [0.25, 0.3) is 0 Å². The van der Waals surface area contributed by atoms with Crippen LogP contribution in [-0.2, 0) is 89.2 Å². The molecular formula is C62H112N6O31P2S. The number of hydrogen-bond acceptors (Lipinski definition) is 30. The average Bonchev–Trinajstić information content (AvgIpc) is 1.06. The fourth-order valence-electron chi connectivity index (χ4n) is 13.4. The van der Waals surface area contributed by atoms with E-state index in [4.69, 9.17) is 51.3 Å². The quantitative estimate of drug-likeness (QED) is 0.0163. The van der Waals surface area contributed by atoms with Crippen molar-refractivity contribution in [1.29, 1.82) is 0 Å². The van der Waals surface area contributed by atoms with Gasteiger partial charge in [0.2, 0.25) is 35.4 Å². The Bertz CT molecular complexity index is 2740. The van der Waals surface area contributed by atoms with Crippen LogP contribution in [0.5, 0.6) is 0 Å². The summed E-state index contributed by atoms with van der Waals surface area (Å²) in [5.74, 6) is -3.81. The highest BCUT2D eigenvalue weighted by atomic mass is 32.2. The normalized spacial score (nSPS) is 31.1. The van der Waals surface area contributed by atoms with Gasteiger partial charge in [0.1, 0.15) is 60.9 Å². The number of amides is 6. The van der Waals surface area contributed by atoms with E-state index in [-0.39, 0.29) is 113 Å². The van der Waals surface area contributed by atoms with Gasteiger partial charge in [-0.1, -0.05) is 34.6 Å². The lowest BCUT2D eigenvalue weighted by atomic mass is 9.80. The molecule has 6 amide bonds. The van der Waals surface area contributed by atoms with Crippen molar-refractivity contribution in [2.24, 2.45) is 23.2 Å². The molecule has 17 unspecified atom stereocenters. The van der Waals surface area contributed by atoms with E-state index in [2.05, 4.69) is 16.0 Å². The first-order chi connectivity index (χ1) is 47.8. The monoisotopic (exact) mass is 1530 g/mol. The maximum absolute atomic E-state index is 14.1. The van der Waals surface area contributed by atoms with E-state index in [0.717, 1.165) is 11.8 Å². The second-order valence-corrected chi connectivity index (χ2v) is 32.0. The molecule has 592 valence electrons. The number of methoxy groups -OCH3 is 1. The second-order valence-electron chi connectivity index (χ2n) is 28.1. The fourth-order valence-corrected chi connectivity index (χ4v) is 16.0. The molecule has 0 saturated carbocycles. The number of aliphatic hydroxyl groups excluding tert-OH is 10. The van der Waals surface area contributed by atoms with Gasteiger partial charge in [0.25, 0.3) is 0 Å². The molecule has 0 aromatic heterocycles. The zero-order valence-corrected chi connectivity index (χ0v) is 62.2. The van der Waals surface area contributed by atoms with Crippen LogP contribution in [0.15, 0.2) is 0 Å². The smallest absolute Gasteiger partial charge is 0.394 e. The van der Waals surface area contributed by atoms with E-state index >= 15 is 0 Å². The highest BCUT2D eigenvalue weighted by Gasteiger charge is 2.49.